The molecule has 3 aromatic rings. The van der Waals surface area contributed by atoms with Crippen molar-refractivity contribution < 1.29 is 32.2 Å². The molecule has 1 aliphatic rings. The molecule has 1 fully saturated rings. The minimum Gasteiger partial charge on any atom is -0.489 e. The van der Waals surface area contributed by atoms with Gasteiger partial charge in [0.15, 0.2) is 5.82 Å². The monoisotopic (exact) mass is 553 g/mol. The lowest BCUT2D eigenvalue weighted by molar-refractivity contribution is -0.133. The molecule has 1 aliphatic heterocycles. The number of rotatable bonds is 12. The molecule has 0 saturated carbocycles. The summed E-state index contributed by atoms with van der Waals surface area (Å²) in [5.41, 5.74) is 0.811. The summed E-state index contributed by atoms with van der Waals surface area (Å²) in [5, 5.41) is 6.14. The molecule has 204 valence electrons. The number of morpholine rings is 1. The van der Waals surface area contributed by atoms with Crippen molar-refractivity contribution in [3.8, 4) is 5.75 Å². The molecule has 0 bridgehead atoms. The molecular formula is C25H27ClF3N5O4. The maximum atomic E-state index is 14.5. The third-order valence-corrected chi connectivity index (χ3v) is 6.07. The minimum absolute atomic E-state index is 0.0555. The number of aromatic nitrogens is 2. The molecule has 1 saturated heterocycles. The van der Waals surface area contributed by atoms with E-state index in [4.69, 9.17) is 21.1 Å². The molecule has 0 atom stereocenters. The summed E-state index contributed by atoms with van der Waals surface area (Å²) in [7, 11) is 0. The van der Waals surface area contributed by atoms with Gasteiger partial charge < -0.3 is 24.8 Å². The molecule has 0 radical (unpaired) electrons. The van der Waals surface area contributed by atoms with Gasteiger partial charge in [-0.15, -0.1) is 0 Å². The van der Waals surface area contributed by atoms with E-state index >= 15 is 0 Å². The molecule has 1 amide bonds. The van der Waals surface area contributed by atoms with Gasteiger partial charge >= 0.3 is 6.61 Å². The van der Waals surface area contributed by atoms with E-state index in [0.29, 0.717) is 30.5 Å². The van der Waals surface area contributed by atoms with E-state index < -0.39 is 12.4 Å². The first-order valence-electron chi connectivity index (χ1n) is 12.0. The molecule has 2 N–H and O–H groups in total. The van der Waals surface area contributed by atoms with Crippen LogP contribution in [0.3, 0.4) is 0 Å². The number of alkyl halides is 2. The van der Waals surface area contributed by atoms with Crippen LogP contribution in [-0.2, 0) is 14.3 Å². The van der Waals surface area contributed by atoms with Gasteiger partial charge in [0.2, 0.25) is 5.91 Å². The van der Waals surface area contributed by atoms with Crippen LogP contribution in [0, 0.1) is 5.82 Å². The fraction of sp³-hybridized carbons (Fsp3) is 0.400. The topological polar surface area (TPSA) is 97.8 Å². The van der Waals surface area contributed by atoms with Gasteiger partial charge in [-0.25, -0.2) is 14.4 Å². The smallest absolute Gasteiger partial charge is 0.345 e. The SMILES string of the molecule is O=C(CCCN1CCOCC1)Nc1cc2c(Nc3cccc(Cl)c3F)ncnc2cc1OCCOC(F)F. The lowest BCUT2D eigenvalue weighted by atomic mass is 10.1. The molecule has 13 heteroatoms. The van der Waals surface area contributed by atoms with E-state index in [1.165, 1.54) is 18.5 Å². The van der Waals surface area contributed by atoms with Crippen LogP contribution in [0.25, 0.3) is 10.9 Å². The average molecular weight is 554 g/mol. The molecule has 2 heterocycles. The van der Waals surface area contributed by atoms with E-state index in [1.54, 1.807) is 18.2 Å². The number of hydrogen-bond acceptors (Lipinski definition) is 8. The lowest BCUT2D eigenvalue weighted by Crippen LogP contribution is -2.37. The van der Waals surface area contributed by atoms with Crippen LogP contribution in [0.15, 0.2) is 36.7 Å². The zero-order chi connectivity index (χ0) is 26.9. The lowest BCUT2D eigenvalue weighted by Gasteiger charge is -2.26. The predicted molar refractivity (Wildman–Crippen MR) is 137 cm³/mol. The van der Waals surface area contributed by atoms with Crippen LogP contribution in [0.2, 0.25) is 5.02 Å². The number of carbonyl (C=O) groups is 1. The first-order chi connectivity index (χ1) is 18.4. The van der Waals surface area contributed by atoms with Gasteiger partial charge in [-0.2, -0.15) is 8.78 Å². The third-order valence-electron chi connectivity index (χ3n) is 5.78. The van der Waals surface area contributed by atoms with Crippen molar-refractivity contribution in [1.82, 2.24) is 14.9 Å². The third kappa shape index (κ3) is 7.67. The highest BCUT2D eigenvalue weighted by atomic mass is 35.5. The summed E-state index contributed by atoms with van der Waals surface area (Å²) in [6, 6.07) is 7.65. The predicted octanol–water partition coefficient (Wildman–Crippen LogP) is 4.83. The number of halogens is 4. The number of carbonyl (C=O) groups excluding carboxylic acids is 1. The van der Waals surface area contributed by atoms with Crippen molar-refractivity contribution in [3.05, 3.63) is 47.5 Å². The Morgan fingerprint density at radius 1 is 1.16 bits per heavy atom. The summed E-state index contributed by atoms with van der Waals surface area (Å²) in [6.45, 7) is 0.312. The maximum absolute atomic E-state index is 14.5. The van der Waals surface area contributed by atoms with E-state index in [9.17, 15) is 18.0 Å². The van der Waals surface area contributed by atoms with Crippen LogP contribution < -0.4 is 15.4 Å². The van der Waals surface area contributed by atoms with Gasteiger partial charge in [0.05, 0.1) is 41.7 Å². The van der Waals surface area contributed by atoms with Crippen LogP contribution in [-0.4, -0.2) is 73.4 Å². The highest BCUT2D eigenvalue weighted by Crippen LogP contribution is 2.34. The van der Waals surface area contributed by atoms with E-state index in [2.05, 4.69) is 30.2 Å². The van der Waals surface area contributed by atoms with Crippen LogP contribution in [0.5, 0.6) is 5.75 Å². The summed E-state index contributed by atoms with van der Waals surface area (Å²) in [4.78, 5) is 23.5. The van der Waals surface area contributed by atoms with Gasteiger partial charge in [-0.3, -0.25) is 9.69 Å². The van der Waals surface area contributed by atoms with Crippen LogP contribution >= 0.6 is 11.6 Å². The summed E-state index contributed by atoms with van der Waals surface area (Å²) in [6.07, 6.45) is 2.18. The molecule has 0 unspecified atom stereocenters. The second-order valence-electron chi connectivity index (χ2n) is 8.40. The Balaban J connectivity index is 1.54. The first-order valence-corrected chi connectivity index (χ1v) is 12.4. The molecular weight excluding hydrogens is 527 g/mol. The van der Waals surface area contributed by atoms with Crippen molar-refractivity contribution in [1.29, 1.82) is 0 Å². The highest BCUT2D eigenvalue weighted by molar-refractivity contribution is 6.31. The van der Waals surface area contributed by atoms with E-state index in [0.717, 1.165) is 19.6 Å². The Morgan fingerprint density at radius 2 is 1.97 bits per heavy atom. The summed E-state index contributed by atoms with van der Waals surface area (Å²) < 4.78 is 54.4. The molecule has 1 aromatic heterocycles. The van der Waals surface area contributed by atoms with Gasteiger partial charge in [0.1, 0.15) is 24.5 Å². The molecule has 0 aliphatic carbocycles. The number of amides is 1. The maximum Gasteiger partial charge on any atom is 0.345 e. The molecule has 9 nitrogen and oxygen atoms in total. The first kappa shape index (κ1) is 27.8. The zero-order valence-corrected chi connectivity index (χ0v) is 21.1. The normalized spacial score (nSPS) is 14.1. The Hall–Kier alpha value is -3.19. The van der Waals surface area contributed by atoms with Crippen LogP contribution in [0.4, 0.5) is 30.4 Å². The van der Waals surface area contributed by atoms with Crippen LogP contribution in [0.1, 0.15) is 12.8 Å². The average Bonchev–Trinajstić information content (AvgIpc) is 2.90. The van der Waals surface area contributed by atoms with Gasteiger partial charge in [-0.05, 0) is 31.2 Å². The Morgan fingerprint density at radius 3 is 2.76 bits per heavy atom. The summed E-state index contributed by atoms with van der Waals surface area (Å²) >= 11 is 5.89. The number of ether oxygens (including phenoxy) is 3. The van der Waals surface area contributed by atoms with Crippen molar-refractivity contribution in [2.75, 3.05) is 56.7 Å². The van der Waals surface area contributed by atoms with Crippen molar-refractivity contribution in [2.24, 2.45) is 0 Å². The van der Waals surface area contributed by atoms with Crippen molar-refractivity contribution >= 4 is 45.6 Å². The number of nitrogens with zero attached hydrogens (tertiary/aromatic N) is 3. The number of fused-ring (bicyclic) bond motifs is 1. The second kappa shape index (κ2) is 13.6. The highest BCUT2D eigenvalue weighted by Gasteiger charge is 2.16. The van der Waals surface area contributed by atoms with Crippen molar-refractivity contribution in [2.45, 2.75) is 19.5 Å². The van der Waals surface area contributed by atoms with E-state index in [-0.39, 0.29) is 53.5 Å². The fourth-order valence-corrected chi connectivity index (χ4v) is 4.09. The second-order valence-corrected chi connectivity index (χ2v) is 8.81. The number of benzene rings is 2. The Bertz CT molecular complexity index is 1250. The van der Waals surface area contributed by atoms with Gasteiger partial charge in [-0.1, -0.05) is 17.7 Å². The fourth-order valence-electron chi connectivity index (χ4n) is 3.92. The Labute approximate surface area is 222 Å². The van der Waals surface area contributed by atoms with E-state index in [1.807, 2.05) is 0 Å². The number of nitrogens with one attached hydrogen (secondary N) is 2. The summed E-state index contributed by atoms with van der Waals surface area (Å²) in [5.74, 6) is -0.408. The Kier molecular flexibility index (Phi) is 9.93. The molecule has 38 heavy (non-hydrogen) atoms. The zero-order valence-electron chi connectivity index (χ0n) is 20.4. The quantitative estimate of drug-likeness (QED) is 0.308. The standard InChI is InChI=1S/C25H27ClF3N5O4/c26-17-3-1-4-18(23(17)27)33-24-16-13-20(32-22(35)5-2-6-34-7-9-36-10-8-34)21(14-19(16)30-15-31-24)37-11-12-38-25(28)29/h1,3-4,13-15,25H,2,5-12H2,(H,32,35)(H,30,31,33). The molecule has 4 rings (SSSR count). The molecule has 2 aromatic carbocycles. The largest absolute Gasteiger partial charge is 0.489 e. The van der Waals surface area contributed by atoms with Crippen molar-refractivity contribution in [3.63, 3.8) is 0 Å². The minimum atomic E-state index is -2.92. The molecule has 0 spiro atoms. The van der Waals surface area contributed by atoms with Gasteiger partial charge in [0, 0.05) is 31.0 Å². The number of hydrogen-bond donors (Lipinski definition) is 2. The van der Waals surface area contributed by atoms with Gasteiger partial charge in [0.25, 0.3) is 0 Å². The number of anilines is 3.